The smallest absolute Gasteiger partial charge is 0.337 e. The number of benzene rings is 1. The Morgan fingerprint density at radius 3 is 2.53 bits per heavy atom. The van der Waals surface area contributed by atoms with Gasteiger partial charge in [-0.2, -0.15) is 0 Å². The molecule has 30 heavy (non-hydrogen) atoms. The zero-order valence-electron chi connectivity index (χ0n) is 17.5. The van der Waals surface area contributed by atoms with Gasteiger partial charge in [-0.15, -0.1) is 0 Å². The Morgan fingerprint density at radius 1 is 1.17 bits per heavy atom. The summed E-state index contributed by atoms with van der Waals surface area (Å²) in [5.41, 5.74) is 2.03. The first kappa shape index (κ1) is 21.8. The molecule has 0 unspecified atom stereocenters. The van der Waals surface area contributed by atoms with E-state index in [1.54, 1.807) is 30.8 Å². The number of anilines is 1. The van der Waals surface area contributed by atoms with E-state index < -0.39 is 5.97 Å². The van der Waals surface area contributed by atoms with Gasteiger partial charge in [-0.1, -0.05) is 12.1 Å². The van der Waals surface area contributed by atoms with Crippen molar-refractivity contribution in [1.29, 1.82) is 0 Å². The standard InChI is InChI=1S/C22H29FN4O3/c1-16-15-25(2)19(21(16)22(29)30)14-20(28)24-8-5-9-26-10-12-27(13-11-26)18-7-4-3-6-17(18)23/h3-4,6-7,15H,5,8-14H2,1-2H3,(H,24,28)(H,29,30). The maximum absolute atomic E-state index is 13.9. The number of halogens is 1. The summed E-state index contributed by atoms with van der Waals surface area (Å²) in [6, 6.07) is 6.85. The van der Waals surface area contributed by atoms with Crippen molar-refractivity contribution in [2.75, 3.05) is 44.2 Å². The van der Waals surface area contributed by atoms with E-state index in [1.165, 1.54) is 6.07 Å². The lowest BCUT2D eigenvalue weighted by Crippen LogP contribution is -2.47. The van der Waals surface area contributed by atoms with Crippen molar-refractivity contribution in [2.24, 2.45) is 7.05 Å². The molecule has 0 aliphatic carbocycles. The summed E-state index contributed by atoms with van der Waals surface area (Å²) in [6.07, 6.45) is 2.59. The molecule has 2 N–H and O–H groups in total. The molecule has 8 heteroatoms. The Morgan fingerprint density at radius 2 is 1.87 bits per heavy atom. The zero-order chi connectivity index (χ0) is 21.7. The number of aromatic carboxylic acids is 1. The normalized spacial score (nSPS) is 14.7. The molecule has 2 heterocycles. The third-order valence-electron chi connectivity index (χ3n) is 5.58. The van der Waals surface area contributed by atoms with Gasteiger partial charge < -0.3 is 19.9 Å². The molecular weight excluding hydrogens is 387 g/mol. The summed E-state index contributed by atoms with van der Waals surface area (Å²) in [5.74, 6) is -1.37. The number of hydrogen-bond donors (Lipinski definition) is 2. The van der Waals surface area contributed by atoms with Crippen molar-refractivity contribution in [3.8, 4) is 0 Å². The highest BCUT2D eigenvalue weighted by Gasteiger charge is 2.21. The molecule has 1 aromatic carbocycles. The predicted molar refractivity (Wildman–Crippen MR) is 113 cm³/mol. The molecular formula is C22H29FN4O3. The number of aryl methyl sites for hydroxylation is 2. The Kier molecular flexibility index (Phi) is 7.10. The molecule has 7 nitrogen and oxygen atoms in total. The quantitative estimate of drug-likeness (QED) is 0.644. The largest absolute Gasteiger partial charge is 0.478 e. The number of nitrogens with zero attached hydrogens (tertiary/aromatic N) is 3. The number of carbonyl (C=O) groups excluding carboxylic acids is 1. The molecule has 162 valence electrons. The van der Waals surface area contributed by atoms with Crippen LogP contribution in [0.25, 0.3) is 0 Å². The van der Waals surface area contributed by atoms with Crippen molar-refractivity contribution in [3.63, 3.8) is 0 Å². The maximum atomic E-state index is 13.9. The van der Waals surface area contributed by atoms with Crippen LogP contribution in [-0.4, -0.2) is 65.7 Å². The number of piperazine rings is 1. The third-order valence-corrected chi connectivity index (χ3v) is 5.58. The Labute approximate surface area is 176 Å². The van der Waals surface area contributed by atoms with Gasteiger partial charge in [0, 0.05) is 51.7 Å². The molecule has 1 aromatic heterocycles. The molecule has 0 saturated carbocycles. The van der Waals surface area contributed by atoms with Gasteiger partial charge in [0.1, 0.15) is 5.82 Å². The van der Waals surface area contributed by atoms with Gasteiger partial charge >= 0.3 is 5.97 Å². The van der Waals surface area contributed by atoms with E-state index in [0.29, 0.717) is 23.5 Å². The molecule has 1 amide bonds. The number of carbonyl (C=O) groups is 2. The minimum Gasteiger partial charge on any atom is -0.478 e. The zero-order valence-corrected chi connectivity index (χ0v) is 17.5. The topological polar surface area (TPSA) is 77.8 Å². The van der Waals surface area contributed by atoms with Crippen LogP contribution in [0.5, 0.6) is 0 Å². The van der Waals surface area contributed by atoms with Gasteiger partial charge in [-0.3, -0.25) is 9.69 Å². The van der Waals surface area contributed by atoms with Gasteiger partial charge in [-0.05, 0) is 37.6 Å². The first-order valence-corrected chi connectivity index (χ1v) is 10.2. The first-order valence-electron chi connectivity index (χ1n) is 10.2. The number of para-hydroxylation sites is 1. The van der Waals surface area contributed by atoms with Crippen molar-refractivity contribution in [2.45, 2.75) is 19.8 Å². The molecule has 0 atom stereocenters. The number of carboxylic acid groups (broad SMARTS) is 1. The number of nitrogens with one attached hydrogen (secondary N) is 1. The minimum atomic E-state index is -1.01. The summed E-state index contributed by atoms with van der Waals surface area (Å²) in [6.45, 7) is 6.39. The van der Waals surface area contributed by atoms with Crippen molar-refractivity contribution >= 4 is 17.6 Å². The highest BCUT2D eigenvalue weighted by molar-refractivity contribution is 5.93. The fourth-order valence-corrected chi connectivity index (χ4v) is 4.01. The van der Waals surface area contributed by atoms with Crippen LogP contribution in [0.2, 0.25) is 0 Å². The molecule has 1 aliphatic heterocycles. The van der Waals surface area contributed by atoms with Crippen LogP contribution in [-0.2, 0) is 18.3 Å². The Hall–Kier alpha value is -2.87. The van der Waals surface area contributed by atoms with E-state index in [1.807, 2.05) is 12.1 Å². The molecule has 0 bridgehead atoms. The molecule has 2 aromatic rings. The maximum Gasteiger partial charge on any atom is 0.337 e. The SMILES string of the molecule is Cc1cn(C)c(CC(=O)NCCCN2CCN(c3ccccc3F)CC2)c1C(=O)O. The van der Waals surface area contributed by atoms with Gasteiger partial charge in [0.15, 0.2) is 0 Å². The van der Waals surface area contributed by atoms with Crippen LogP contribution in [0, 0.1) is 12.7 Å². The third kappa shape index (κ3) is 5.18. The molecule has 1 aliphatic rings. The van der Waals surface area contributed by atoms with Gasteiger partial charge in [0.05, 0.1) is 17.7 Å². The number of hydrogen-bond acceptors (Lipinski definition) is 4. The number of amides is 1. The van der Waals surface area contributed by atoms with E-state index in [9.17, 15) is 19.1 Å². The van der Waals surface area contributed by atoms with E-state index in [4.69, 9.17) is 0 Å². The highest BCUT2D eigenvalue weighted by atomic mass is 19.1. The summed E-state index contributed by atoms with van der Waals surface area (Å²) >= 11 is 0. The fraction of sp³-hybridized carbons (Fsp3) is 0.455. The van der Waals surface area contributed by atoms with Crippen LogP contribution in [0.1, 0.15) is 28.0 Å². The lowest BCUT2D eigenvalue weighted by Gasteiger charge is -2.36. The molecule has 1 fully saturated rings. The summed E-state index contributed by atoms with van der Waals surface area (Å²) in [5, 5.41) is 12.2. The lowest BCUT2D eigenvalue weighted by atomic mass is 10.1. The fourth-order valence-electron chi connectivity index (χ4n) is 4.01. The molecule has 0 spiro atoms. The Balaban J connectivity index is 1.39. The summed E-state index contributed by atoms with van der Waals surface area (Å²) in [4.78, 5) is 28.1. The average molecular weight is 416 g/mol. The van der Waals surface area contributed by atoms with Crippen LogP contribution in [0.3, 0.4) is 0 Å². The van der Waals surface area contributed by atoms with Crippen molar-refractivity contribution in [3.05, 3.63) is 53.1 Å². The second-order valence-electron chi connectivity index (χ2n) is 7.71. The molecule has 3 rings (SSSR count). The van der Waals surface area contributed by atoms with Gasteiger partial charge in [-0.25, -0.2) is 9.18 Å². The minimum absolute atomic E-state index is 0.0489. The highest BCUT2D eigenvalue weighted by Crippen LogP contribution is 2.20. The second-order valence-corrected chi connectivity index (χ2v) is 7.71. The first-order chi connectivity index (χ1) is 14.4. The van der Waals surface area contributed by atoms with Crippen LogP contribution in [0.15, 0.2) is 30.5 Å². The van der Waals surface area contributed by atoms with E-state index >= 15 is 0 Å². The monoisotopic (exact) mass is 416 g/mol. The second kappa shape index (κ2) is 9.75. The summed E-state index contributed by atoms with van der Waals surface area (Å²) < 4.78 is 15.6. The molecule has 1 saturated heterocycles. The van der Waals surface area contributed by atoms with Gasteiger partial charge in [0.25, 0.3) is 0 Å². The average Bonchev–Trinajstić information content (AvgIpc) is 2.99. The number of carboxylic acids is 1. The van der Waals surface area contributed by atoms with Crippen LogP contribution >= 0.6 is 0 Å². The van der Waals surface area contributed by atoms with Crippen LogP contribution < -0.4 is 10.2 Å². The lowest BCUT2D eigenvalue weighted by molar-refractivity contribution is -0.120. The van der Waals surface area contributed by atoms with Crippen molar-refractivity contribution in [1.82, 2.24) is 14.8 Å². The predicted octanol–water partition coefficient (Wildman–Crippen LogP) is 2.04. The van der Waals surface area contributed by atoms with E-state index in [-0.39, 0.29) is 23.7 Å². The van der Waals surface area contributed by atoms with E-state index in [0.717, 1.165) is 39.1 Å². The number of rotatable bonds is 8. The number of aromatic nitrogens is 1. The molecule has 0 radical (unpaired) electrons. The van der Waals surface area contributed by atoms with Crippen LogP contribution in [0.4, 0.5) is 10.1 Å². The van der Waals surface area contributed by atoms with E-state index in [2.05, 4.69) is 15.1 Å². The van der Waals surface area contributed by atoms with Gasteiger partial charge in [0.2, 0.25) is 5.91 Å². The van der Waals surface area contributed by atoms with Crippen molar-refractivity contribution < 1.29 is 19.1 Å². The summed E-state index contributed by atoms with van der Waals surface area (Å²) in [7, 11) is 1.75. The Bertz CT molecular complexity index is 904.